The highest BCUT2D eigenvalue weighted by atomic mass is 79.9. The molecule has 0 spiro atoms. The Morgan fingerprint density at radius 1 is 1.32 bits per heavy atom. The lowest BCUT2D eigenvalue weighted by atomic mass is 9.86. The first kappa shape index (κ1) is 14.9. The summed E-state index contributed by atoms with van der Waals surface area (Å²) >= 11 is 3.47. The fraction of sp³-hybridized carbons (Fsp3) is 0.625. The molecule has 19 heavy (non-hydrogen) atoms. The molecule has 2 nitrogen and oxygen atoms in total. The van der Waals surface area contributed by atoms with Crippen LogP contribution in [-0.2, 0) is 0 Å². The van der Waals surface area contributed by atoms with E-state index in [0.29, 0.717) is 6.04 Å². The average Bonchev–Trinajstić information content (AvgIpc) is 2.38. The van der Waals surface area contributed by atoms with E-state index in [2.05, 4.69) is 41.2 Å². The zero-order chi connectivity index (χ0) is 13.7. The molecule has 1 aromatic carbocycles. The van der Waals surface area contributed by atoms with Crippen LogP contribution in [0.25, 0.3) is 0 Å². The Balaban J connectivity index is 1.71. The Morgan fingerprint density at radius 3 is 2.84 bits per heavy atom. The summed E-state index contributed by atoms with van der Waals surface area (Å²) in [5.41, 5.74) is 1.18. The Morgan fingerprint density at radius 2 is 2.11 bits per heavy atom. The van der Waals surface area contributed by atoms with Crippen LogP contribution in [0.15, 0.2) is 22.7 Å². The van der Waals surface area contributed by atoms with E-state index in [1.807, 2.05) is 12.1 Å². The SMILES string of the molecule is Cc1cc(Br)ccc1OCCNC1CCCCC1C. The van der Waals surface area contributed by atoms with Gasteiger partial charge in [0, 0.05) is 17.1 Å². The van der Waals surface area contributed by atoms with Crippen molar-refractivity contribution in [1.29, 1.82) is 0 Å². The summed E-state index contributed by atoms with van der Waals surface area (Å²) in [5.74, 6) is 1.80. The standard InChI is InChI=1S/C16H24BrNO/c1-12-5-3-4-6-15(12)18-9-10-19-16-8-7-14(17)11-13(16)2/h7-8,11-12,15,18H,3-6,9-10H2,1-2H3. The van der Waals surface area contributed by atoms with Gasteiger partial charge in [-0.3, -0.25) is 0 Å². The molecule has 0 heterocycles. The van der Waals surface area contributed by atoms with Gasteiger partial charge >= 0.3 is 0 Å². The van der Waals surface area contributed by atoms with Crippen LogP contribution in [0.1, 0.15) is 38.2 Å². The molecule has 0 amide bonds. The predicted molar refractivity (Wildman–Crippen MR) is 83.8 cm³/mol. The van der Waals surface area contributed by atoms with Crippen molar-refractivity contribution in [1.82, 2.24) is 5.32 Å². The highest BCUT2D eigenvalue weighted by Crippen LogP contribution is 2.24. The van der Waals surface area contributed by atoms with Gasteiger partial charge in [-0.25, -0.2) is 0 Å². The molecule has 1 aliphatic carbocycles. The average molecular weight is 326 g/mol. The fourth-order valence-corrected chi connectivity index (χ4v) is 3.28. The molecule has 1 saturated carbocycles. The van der Waals surface area contributed by atoms with Crippen molar-refractivity contribution in [2.24, 2.45) is 5.92 Å². The molecule has 0 saturated heterocycles. The van der Waals surface area contributed by atoms with Crippen molar-refractivity contribution in [3.63, 3.8) is 0 Å². The number of rotatable bonds is 5. The summed E-state index contributed by atoms with van der Waals surface area (Å²) < 4.78 is 6.94. The molecule has 0 aliphatic heterocycles. The van der Waals surface area contributed by atoms with E-state index >= 15 is 0 Å². The van der Waals surface area contributed by atoms with Gasteiger partial charge in [0.25, 0.3) is 0 Å². The number of benzene rings is 1. The van der Waals surface area contributed by atoms with E-state index in [9.17, 15) is 0 Å². The van der Waals surface area contributed by atoms with Crippen molar-refractivity contribution < 1.29 is 4.74 Å². The number of halogens is 1. The van der Waals surface area contributed by atoms with Crippen molar-refractivity contribution in [3.8, 4) is 5.75 Å². The van der Waals surface area contributed by atoms with E-state index in [1.54, 1.807) is 0 Å². The van der Waals surface area contributed by atoms with Gasteiger partial charge in [0.2, 0.25) is 0 Å². The predicted octanol–water partition coefficient (Wildman–Crippen LogP) is 4.30. The minimum atomic E-state index is 0.684. The number of ether oxygens (including phenoxy) is 1. The van der Waals surface area contributed by atoms with Crippen LogP contribution < -0.4 is 10.1 Å². The first-order valence-electron chi connectivity index (χ1n) is 7.29. The van der Waals surface area contributed by atoms with Crippen molar-refractivity contribution >= 4 is 15.9 Å². The Bertz CT molecular complexity index is 408. The molecule has 1 N–H and O–H groups in total. The molecule has 0 bridgehead atoms. The van der Waals surface area contributed by atoms with E-state index in [1.165, 1.54) is 31.2 Å². The maximum Gasteiger partial charge on any atom is 0.122 e. The smallest absolute Gasteiger partial charge is 0.122 e. The van der Waals surface area contributed by atoms with E-state index in [0.717, 1.165) is 29.3 Å². The zero-order valence-corrected chi connectivity index (χ0v) is 13.5. The maximum atomic E-state index is 5.83. The summed E-state index contributed by atoms with van der Waals surface area (Å²) in [7, 11) is 0. The second-order valence-electron chi connectivity index (χ2n) is 5.58. The summed E-state index contributed by atoms with van der Waals surface area (Å²) in [6.45, 7) is 6.11. The third-order valence-electron chi connectivity index (χ3n) is 4.01. The molecule has 2 atom stereocenters. The second-order valence-corrected chi connectivity index (χ2v) is 6.50. The molecule has 1 aromatic rings. The first-order chi connectivity index (χ1) is 9.16. The molecule has 106 valence electrons. The third-order valence-corrected chi connectivity index (χ3v) is 4.51. The third kappa shape index (κ3) is 4.50. The quantitative estimate of drug-likeness (QED) is 0.815. The normalized spacial score (nSPS) is 23.3. The van der Waals surface area contributed by atoms with Crippen LogP contribution in [0.3, 0.4) is 0 Å². The lowest BCUT2D eigenvalue weighted by molar-refractivity contribution is 0.250. The fourth-order valence-electron chi connectivity index (χ4n) is 2.80. The van der Waals surface area contributed by atoms with E-state index < -0.39 is 0 Å². The minimum absolute atomic E-state index is 0.684. The molecule has 1 aliphatic rings. The number of hydrogen-bond donors (Lipinski definition) is 1. The summed E-state index contributed by atoms with van der Waals surface area (Å²) in [6.07, 6.45) is 5.45. The molecule has 0 radical (unpaired) electrons. The Hall–Kier alpha value is -0.540. The van der Waals surface area contributed by atoms with E-state index in [4.69, 9.17) is 4.74 Å². The lowest BCUT2D eigenvalue weighted by Crippen LogP contribution is -2.39. The highest BCUT2D eigenvalue weighted by molar-refractivity contribution is 9.10. The van der Waals surface area contributed by atoms with Gasteiger partial charge in [0.05, 0.1) is 0 Å². The molecular weight excluding hydrogens is 302 g/mol. The first-order valence-corrected chi connectivity index (χ1v) is 8.08. The second kappa shape index (κ2) is 7.30. The van der Waals surface area contributed by atoms with Gasteiger partial charge in [0.1, 0.15) is 12.4 Å². The van der Waals surface area contributed by atoms with Gasteiger partial charge in [-0.15, -0.1) is 0 Å². The lowest BCUT2D eigenvalue weighted by Gasteiger charge is -2.29. The monoisotopic (exact) mass is 325 g/mol. The molecular formula is C16H24BrNO. The molecule has 3 heteroatoms. The van der Waals surface area contributed by atoms with Crippen LogP contribution in [0, 0.1) is 12.8 Å². The number of aryl methyl sites for hydroxylation is 1. The Kier molecular flexibility index (Phi) is 5.71. The zero-order valence-electron chi connectivity index (χ0n) is 11.9. The molecule has 1 fully saturated rings. The summed E-state index contributed by atoms with van der Waals surface area (Å²) in [6, 6.07) is 6.83. The molecule has 2 unspecified atom stereocenters. The molecule has 0 aromatic heterocycles. The minimum Gasteiger partial charge on any atom is -0.492 e. The topological polar surface area (TPSA) is 21.3 Å². The van der Waals surface area contributed by atoms with Crippen molar-refractivity contribution in [3.05, 3.63) is 28.2 Å². The molecule has 2 rings (SSSR count). The van der Waals surface area contributed by atoms with E-state index in [-0.39, 0.29) is 0 Å². The van der Waals surface area contributed by atoms with Crippen LogP contribution in [0.5, 0.6) is 5.75 Å². The Labute approximate surface area is 125 Å². The van der Waals surface area contributed by atoms with Gasteiger partial charge < -0.3 is 10.1 Å². The van der Waals surface area contributed by atoms with Crippen LogP contribution >= 0.6 is 15.9 Å². The van der Waals surface area contributed by atoms with Crippen LogP contribution in [0.2, 0.25) is 0 Å². The van der Waals surface area contributed by atoms with Crippen molar-refractivity contribution in [2.75, 3.05) is 13.2 Å². The highest BCUT2D eigenvalue weighted by Gasteiger charge is 2.20. The summed E-state index contributed by atoms with van der Waals surface area (Å²) in [5, 5.41) is 3.64. The van der Waals surface area contributed by atoms with Crippen LogP contribution in [0.4, 0.5) is 0 Å². The number of nitrogens with one attached hydrogen (secondary N) is 1. The van der Waals surface area contributed by atoms with Crippen LogP contribution in [-0.4, -0.2) is 19.2 Å². The maximum absolute atomic E-state index is 5.83. The number of hydrogen-bond acceptors (Lipinski definition) is 2. The summed E-state index contributed by atoms with van der Waals surface area (Å²) in [4.78, 5) is 0. The van der Waals surface area contributed by atoms with Gasteiger partial charge in [0.15, 0.2) is 0 Å². The van der Waals surface area contributed by atoms with Gasteiger partial charge in [-0.05, 0) is 49.4 Å². The van der Waals surface area contributed by atoms with Gasteiger partial charge in [-0.2, -0.15) is 0 Å². The van der Waals surface area contributed by atoms with Crippen molar-refractivity contribution in [2.45, 2.75) is 45.6 Å². The largest absolute Gasteiger partial charge is 0.492 e. The van der Waals surface area contributed by atoms with Gasteiger partial charge in [-0.1, -0.05) is 35.7 Å².